The standard InChI is InChI=1S/C20H23N7O7/c1-26(13-8-22-16-15(27(13)9-28)18(32)25-20(21)24-16)11-4-2-10(3-5-11)17(31)23-12(19(33)34)6-7-14(29)30/h2-5,9,12-13H,6-8H2,1H3,(H,23,31)(H,29,30)(H,33,34)(H4,21,22,24,25,32)/t12-,13?/m0/s1. The van der Waals surface area contributed by atoms with Crippen LogP contribution in [0.5, 0.6) is 0 Å². The molecule has 2 amide bonds. The zero-order valence-electron chi connectivity index (χ0n) is 18.0. The Morgan fingerprint density at radius 1 is 1.32 bits per heavy atom. The van der Waals surface area contributed by atoms with Crippen molar-refractivity contribution in [2.75, 3.05) is 34.4 Å². The van der Waals surface area contributed by atoms with Gasteiger partial charge >= 0.3 is 17.5 Å². The molecule has 0 spiro atoms. The van der Waals surface area contributed by atoms with Crippen molar-refractivity contribution in [1.82, 2.24) is 15.3 Å². The van der Waals surface area contributed by atoms with Crippen LogP contribution in [0.4, 0.5) is 23.1 Å². The van der Waals surface area contributed by atoms with Crippen LogP contribution in [0.15, 0.2) is 29.1 Å². The number of aromatic nitrogens is 2. The molecule has 14 heteroatoms. The summed E-state index contributed by atoms with van der Waals surface area (Å²) in [4.78, 5) is 67.8. The molecule has 7 N–H and O–H groups in total. The number of nitrogens with two attached hydrogens (primary N) is 1. The van der Waals surface area contributed by atoms with Crippen LogP contribution in [0.25, 0.3) is 0 Å². The first-order valence-electron chi connectivity index (χ1n) is 10.1. The van der Waals surface area contributed by atoms with Crippen LogP contribution in [0.2, 0.25) is 0 Å². The Labute approximate surface area is 192 Å². The summed E-state index contributed by atoms with van der Waals surface area (Å²) < 4.78 is 0. The summed E-state index contributed by atoms with van der Waals surface area (Å²) in [6.07, 6.45) is -0.755. The Balaban J connectivity index is 1.75. The third-order valence-electron chi connectivity index (χ3n) is 5.30. The molecule has 180 valence electrons. The smallest absolute Gasteiger partial charge is 0.326 e. The number of rotatable bonds is 9. The maximum atomic E-state index is 12.4. The molecule has 2 aromatic rings. The van der Waals surface area contributed by atoms with E-state index in [1.807, 2.05) is 0 Å². The van der Waals surface area contributed by atoms with Gasteiger partial charge < -0.3 is 36.5 Å². The van der Waals surface area contributed by atoms with E-state index in [-0.39, 0.29) is 36.0 Å². The topological polar surface area (TPSA) is 211 Å². The molecule has 1 aromatic carbocycles. The fourth-order valence-corrected chi connectivity index (χ4v) is 3.53. The van der Waals surface area contributed by atoms with Crippen LogP contribution in [0.3, 0.4) is 0 Å². The summed E-state index contributed by atoms with van der Waals surface area (Å²) in [5, 5.41) is 23.3. The van der Waals surface area contributed by atoms with Crippen molar-refractivity contribution in [3.63, 3.8) is 0 Å². The second-order valence-corrected chi connectivity index (χ2v) is 7.48. The van der Waals surface area contributed by atoms with Crippen molar-refractivity contribution in [1.29, 1.82) is 0 Å². The van der Waals surface area contributed by atoms with Crippen LogP contribution < -0.4 is 31.7 Å². The molecule has 1 aliphatic rings. The van der Waals surface area contributed by atoms with Crippen molar-refractivity contribution in [3.05, 3.63) is 40.2 Å². The lowest BCUT2D eigenvalue weighted by Gasteiger charge is -2.40. The van der Waals surface area contributed by atoms with Gasteiger partial charge in [0.1, 0.15) is 18.0 Å². The first-order valence-corrected chi connectivity index (χ1v) is 10.1. The molecule has 1 aromatic heterocycles. The summed E-state index contributed by atoms with van der Waals surface area (Å²) in [6.45, 7) is 0.244. The van der Waals surface area contributed by atoms with Gasteiger partial charge in [-0.2, -0.15) is 4.98 Å². The van der Waals surface area contributed by atoms with Crippen molar-refractivity contribution in [2.45, 2.75) is 25.0 Å². The van der Waals surface area contributed by atoms with Crippen molar-refractivity contribution >= 4 is 47.4 Å². The van der Waals surface area contributed by atoms with E-state index in [2.05, 4.69) is 20.6 Å². The highest BCUT2D eigenvalue weighted by Crippen LogP contribution is 2.28. The predicted molar refractivity (Wildman–Crippen MR) is 121 cm³/mol. The van der Waals surface area contributed by atoms with E-state index < -0.39 is 42.0 Å². The number of fused-ring (bicyclic) bond motifs is 1. The average Bonchev–Trinajstić information content (AvgIpc) is 2.79. The molecular weight excluding hydrogens is 450 g/mol. The van der Waals surface area contributed by atoms with E-state index in [1.54, 1.807) is 24.1 Å². The third kappa shape index (κ3) is 5.06. The number of aliphatic carboxylic acids is 2. The number of carbonyl (C=O) groups excluding carboxylic acids is 2. The number of hydrogen-bond donors (Lipinski definition) is 6. The number of H-pyrrole nitrogens is 1. The van der Waals surface area contributed by atoms with Crippen molar-refractivity contribution < 1.29 is 29.4 Å². The summed E-state index contributed by atoms with van der Waals surface area (Å²) in [5.74, 6) is -2.99. The largest absolute Gasteiger partial charge is 0.481 e. The SMILES string of the molecule is CN(c1ccc(C(=O)N[C@@H](CCC(=O)O)C(=O)O)cc1)C1CNc2[nH]c(N)nc(=O)c2N1C=O. The highest BCUT2D eigenvalue weighted by molar-refractivity contribution is 5.97. The van der Waals surface area contributed by atoms with E-state index in [4.69, 9.17) is 10.8 Å². The molecule has 0 fully saturated rings. The number of aromatic amines is 1. The Morgan fingerprint density at radius 3 is 2.59 bits per heavy atom. The van der Waals surface area contributed by atoms with Gasteiger partial charge in [0.25, 0.3) is 5.91 Å². The van der Waals surface area contributed by atoms with Gasteiger partial charge in [-0.15, -0.1) is 0 Å². The number of nitrogens with zero attached hydrogens (tertiary/aromatic N) is 3. The first kappa shape index (κ1) is 24.0. The molecule has 2 atom stereocenters. The molecule has 2 heterocycles. The van der Waals surface area contributed by atoms with Gasteiger partial charge in [0.05, 0.1) is 6.54 Å². The van der Waals surface area contributed by atoms with Gasteiger partial charge in [-0.05, 0) is 30.7 Å². The highest BCUT2D eigenvalue weighted by atomic mass is 16.4. The molecule has 0 radical (unpaired) electrons. The van der Waals surface area contributed by atoms with Crippen LogP contribution in [0.1, 0.15) is 23.2 Å². The third-order valence-corrected chi connectivity index (χ3v) is 5.30. The van der Waals surface area contributed by atoms with E-state index in [1.165, 1.54) is 17.0 Å². The van der Waals surface area contributed by atoms with Crippen LogP contribution >= 0.6 is 0 Å². The molecule has 14 nitrogen and oxygen atoms in total. The van der Waals surface area contributed by atoms with E-state index >= 15 is 0 Å². The normalized spacial score (nSPS) is 15.4. The lowest BCUT2D eigenvalue weighted by Crippen LogP contribution is -2.55. The molecule has 3 rings (SSSR count). The molecule has 1 unspecified atom stereocenters. The fraction of sp³-hybridized carbons (Fsp3) is 0.300. The summed E-state index contributed by atoms with van der Waals surface area (Å²) in [6, 6.07) is 4.75. The number of amides is 2. The number of anilines is 4. The molecular formula is C20H23N7O7. The van der Waals surface area contributed by atoms with Gasteiger partial charge in [-0.1, -0.05) is 0 Å². The quantitative estimate of drug-likeness (QED) is 0.249. The minimum atomic E-state index is -1.35. The molecule has 0 saturated carbocycles. The zero-order chi connectivity index (χ0) is 25.0. The lowest BCUT2D eigenvalue weighted by molar-refractivity contribution is -0.140. The minimum Gasteiger partial charge on any atom is -0.481 e. The average molecular weight is 473 g/mol. The fourth-order valence-electron chi connectivity index (χ4n) is 3.53. The summed E-state index contributed by atoms with van der Waals surface area (Å²) >= 11 is 0. The Bertz CT molecular complexity index is 1160. The van der Waals surface area contributed by atoms with Gasteiger partial charge in [0.15, 0.2) is 5.69 Å². The van der Waals surface area contributed by atoms with Gasteiger partial charge in [0.2, 0.25) is 12.4 Å². The molecule has 1 aliphatic heterocycles. The zero-order valence-corrected chi connectivity index (χ0v) is 18.0. The van der Waals surface area contributed by atoms with Gasteiger partial charge in [0, 0.05) is 24.7 Å². The number of carboxylic acids is 2. The lowest BCUT2D eigenvalue weighted by atomic mass is 10.1. The number of carboxylic acid groups (broad SMARTS) is 2. The number of likely N-dealkylation sites (N-methyl/N-ethyl adjacent to an activating group) is 1. The summed E-state index contributed by atoms with van der Waals surface area (Å²) in [5.41, 5.74) is 5.66. The van der Waals surface area contributed by atoms with Crippen molar-refractivity contribution in [3.8, 4) is 0 Å². The first-order chi connectivity index (χ1) is 16.1. The van der Waals surface area contributed by atoms with E-state index in [9.17, 15) is 29.1 Å². The summed E-state index contributed by atoms with van der Waals surface area (Å²) in [7, 11) is 1.69. The highest BCUT2D eigenvalue weighted by Gasteiger charge is 2.32. The molecule has 34 heavy (non-hydrogen) atoms. The van der Waals surface area contributed by atoms with Crippen LogP contribution in [-0.2, 0) is 14.4 Å². The van der Waals surface area contributed by atoms with Gasteiger partial charge in [-0.25, -0.2) is 4.79 Å². The molecule has 0 bridgehead atoms. The Kier molecular flexibility index (Phi) is 6.99. The maximum absolute atomic E-state index is 12.4. The van der Waals surface area contributed by atoms with Crippen molar-refractivity contribution in [2.24, 2.45) is 0 Å². The monoisotopic (exact) mass is 473 g/mol. The number of hydrogen-bond acceptors (Lipinski definition) is 9. The molecule has 0 saturated heterocycles. The molecule has 0 aliphatic carbocycles. The Hall–Kier alpha value is -4.62. The van der Waals surface area contributed by atoms with E-state index in [0.29, 0.717) is 12.1 Å². The van der Waals surface area contributed by atoms with Gasteiger partial charge in [-0.3, -0.25) is 24.1 Å². The number of nitrogen functional groups attached to an aromatic ring is 1. The van der Waals surface area contributed by atoms with Crippen LogP contribution in [0, 0.1) is 0 Å². The maximum Gasteiger partial charge on any atom is 0.326 e. The van der Waals surface area contributed by atoms with E-state index in [0.717, 1.165) is 0 Å². The van der Waals surface area contributed by atoms with Crippen LogP contribution in [-0.4, -0.2) is 70.2 Å². The number of benzene rings is 1. The second kappa shape index (κ2) is 9.89. The number of nitrogens with one attached hydrogen (secondary N) is 3. The minimum absolute atomic E-state index is 0.0179. The Morgan fingerprint density at radius 2 is 2.00 bits per heavy atom. The second-order valence-electron chi connectivity index (χ2n) is 7.48. The predicted octanol–water partition coefficient (Wildman–Crippen LogP) is -0.749. The number of carbonyl (C=O) groups is 4.